The summed E-state index contributed by atoms with van der Waals surface area (Å²) in [6.45, 7) is 6.19. The van der Waals surface area contributed by atoms with Crippen molar-refractivity contribution in [2.45, 2.75) is 46.6 Å². The highest BCUT2D eigenvalue weighted by Crippen LogP contribution is 2.21. The maximum atomic E-state index is 12.4. The number of ether oxygens (including phenoxy) is 1. The van der Waals surface area contributed by atoms with Gasteiger partial charge < -0.3 is 10.1 Å². The molecule has 0 aliphatic heterocycles. The molecule has 2 aromatic rings. The van der Waals surface area contributed by atoms with Gasteiger partial charge in [-0.25, -0.2) is 4.79 Å². The molecule has 0 saturated carbocycles. The molecule has 0 aliphatic carbocycles. The number of nitrogens with zero attached hydrogens (tertiary/aromatic N) is 3. The zero-order valence-corrected chi connectivity index (χ0v) is 16.1. The minimum atomic E-state index is -0.431. The van der Waals surface area contributed by atoms with Crippen molar-refractivity contribution in [2.24, 2.45) is 0 Å². The van der Waals surface area contributed by atoms with Crippen LogP contribution in [0.2, 0.25) is 0 Å². The third-order valence-corrected chi connectivity index (χ3v) is 4.58. The molecule has 0 aliphatic rings. The van der Waals surface area contributed by atoms with Crippen LogP contribution in [0.3, 0.4) is 0 Å². The number of aryl methyl sites for hydroxylation is 2. The van der Waals surface area contributed by atoms with Gasteiger partial charge in [0.05, 0.1) is 37.4 Å². The number of hydrogen-bond acceptors (Lipinski definition) is 5. The molecule has 0 radical (unpaired) electrons. The van der Waals surface area contributed by atoms with E-state index in [1.54, 1.807) is 25.1 Å². The Balaban J connectivity index is 2.05. The van der Waals surface area contributed by atoms with Gasteiger partial charge in [0.15, 0.2) is 0 Å². The predicted octanol–water partition coefficient (Wildman–Crippen LogP) is 3.08. The Morgan fingerprint density at radius 2 is 2.04 bits per heavy atom. The second-order valence-corrected chi connectivity index (χ2v) is 6.30. The van der Waals surface area contributed by atoms with Crippen LogP contribution in [0, 0.1) is 32.1 Å². The number of esters is 1. The molecule has 27 heavy (non-hydrogen) atoms. The summed E-state index contributed by atoms with van der Waals surface area (Å²) in [6, 6.07) is 7.25. The Morgan fingerprint density at radius 3 is 2.70 bits per heavy atom. The number of amides is 1. The average molecular weight is 368 g/mol. The van der Waals surface area contributed by atoms with E-state index in [1.165, 1.54) is 7.11 Å². The Kier molecular flexibility index (Phi) is 6.72. The predicted molar refractivity (Wildman–Crippen MR) is 101 cm³/mol. The third-order valence-electron chi connectivity index (χ3n) is 4.58. The molecule has 1 amide bonds. The number of carbonyl (C=O) groups is 2. The summed E-state index contributed by atoms with van der Waals surface area (Å²) >= 11 is 0. The molecule has 0 fully saturated rings. The summed E-state index contributed by atoms with van der Waals surface area (Å²) in [7, 11) is 1.33. The first kappa shape index (κ1) is 20.2. The lowest BCUT2D eigenvalue weighted by Gasteiger charge is -2.11. The van der Waals surface area contributed by atoms with Gasteiger partial charge in [-0.3, -0.25) is 9.48 Å². The van der Waals surface area contributed by atoms with Gasteiger partial charge in [0.1, 0.15) is 0 Å². The van der Waals surface area contributed by atoms with E-state index >= 15 is 0 Å². The Morgan fingerprint density at radius 1 is 1.30 bits per heavy atom. The average Bonchev–Trinajstić information content (AvgIpc) is 2.92. The molecule has 7 nitrogen and oxygen atoms in total. The second-order valence-electron chi connectivity index (χ2n) is 6.30. The highest BCUT2D eigenvalue weighted by atomic mass is 16.5. The summed E-state index contributed by atoms with van der Waals surface area (Å²) in [5.74, 6) is -0.566. The van der Waals surface area contributed by atoms with Crippen LogP contribution in [-0.4, -0.2) is 28.8 Å². The highest BCUT2D eigenvalue weighted by Gasteiger charge is 2.15. The molecule has 0 bridgehead atoms. The van der Waals surface area contributed by atoms with Gasteiger partial charge >= 0.3 is 5.97 Å². The molecular formula is C20H24N4O3. The molecule has 1 N–H and O–H groups in total. The van der Waals surface area contributed by atoms with Gasteiger partial charge in [0.25, 0.3) is 0 Å². The number of aromatic nitrogens is 2. The molecule has 142 valence electrons. The van der Waals surface area contributed by atoms with E-state index < -0.39 is 5.97 Å². The first-order valence-corrected chi connectivity index (χ1v) is 8.76. The lowest BCUT2D eigenvalue weighted by molar-refractivity contribution is -0.116. The van der Waals surface area contributed by atoms with E-state index in [0.29, 0.717) is 42.6 Å². The molecule has 0 spiro atoms. The van der Waals surface area contributed by atoms with Crippen LogP contribution in [0.1, 0.15) is 45.7 Å². The molecular weight excluding hydrogens is 344 g/mol. The number of hydrogen-bond donors (Lipinski definition) is 1. The van der Waals surface area contributed by atoms with E-state index in [4.69, 9.17) is 10.00 Å². The molecule has 1 aromatic carbocycles. The van der Waals surface area contributed by atoms with Gasteiger partial charge in [-0.05, 0) is 50.5 Å². The number of anilines is 1. The zero-order valence-electron chi connectivity index (χ0n) is 16.1. The summed E-state index contributed by atoms with van der Waals surface area (Å²) in [5.41, 5.74) is 4.60. The van der Waals surface area contributed by atoms with E-state index in [2.05, 4.69) is 16.5 Å². The summed E-state index contributed by atoms with van der Waals surface area (Å²) in [4.78, 5) is 24.2. The number of nitriles is 1. The summed E-state index contributed by atoms with van der Waals surface area (Å²) < 4.78 is 6.57. The van der Waals surface area contributed by atoms with Crippen LogP contribution in [0.25, 0.3) is 0 Å². The lowest BCUT2D eigenvalue weighted by atomic mass is 10.1. The zero-order chi connectivity index (χ0) is 20.0. The largest absolute Gasteiger partial charge is 0.465 e. The number of benzene rings is 1. The molecule has 1 aromatic heterocycles. The maximum absolute atomic E-state index is 12.4. The first-order chi connectivity index (χ1) is 12.9. The van der Waals surface area contributed by atoms with E-state index in [9.17, 15) is 9.59 Å². The fraction of sp³-hybridized carbons (Fsp3) is 0.400. The number of rotatable bonds is 7. The van der Waals surface area contributed by atoms with Gasteiger partial charge in [-0.2, -0.15) is 10.4 Å². The van der Waals surface area contributed by atoms with Crippen molar-refractivity contribution >= 4 is 17.6 Å². The molecule has 0 saturated heterocycles. The van der Waals surface area contributed by atoms with Crippen LogP contribution in [0.5, 0.6) is 0 Å². The van der Waals surface area contributed by atoms with Gasteiger partial charge in [-0.15, -0.1) is 0 Å². The van der Waals surface area contributed by atoms with E-state index in [1.807, 2.05) is 18.5 Å². The van der Waals surface area contributed by atoms with Crippen molar-refractivity contribution in [3.05, 3.63) is 46.3 Å². The van der Waals surface area contributed by atoms with Crippen molar-refractivity contribution in [3.8, 4) is 6.07 Å². The van der Waals surface area contributed by atoms with Gasteiger partial charge in [0, 0.05) is 17.8 Å². The SMILES string of the molecule is COC(=O)c1cccc(NC(=O)CCc2c(C)nn(CCC#N)c2C)c1C. The Hall–Kier alpha value is -3.14. The topological polar surface area (TPSA) is 97.0 Å². The lowest BCUT2D eigenvalue weighted by Crippen LogP contribution is -2.15. The molecule has 7 heteroatoms. The molecule has 1 heterocycles. The normalized spacial score (nSPS) is 10.3. The van der Waals surface area contributed by atoms with Gasteiger partial charge in [0.2, 0.25) is 5.91 Å². The minimum absolute atomic E-state index is 0.135. The monoisotopic (exact) mass is 368 g/mol. The number of methoxy groups -OCH3 is 1. The smallest absolute Gasteiger partial charge is 0.338 e. The van der Waals surface area contributed by atoms with Crippen LogP contribution in [-0.2, 0) is 22.5 Å². The first-order valence-electron chi connectivity index (χ1n) is 8.76. The van der Waals surface area contributed by atoms with Crippen molar-refractivity contribution < 1.29 is 14.3 Å². The van der Waals surface area contributed by atoms with Crippen LogP contribution < -0.4 is 5.32 Å². The van der Waals surface area contributed by atoms with Crippen LogP contribution in [0.15, 0.2) is 18.2 Å². The second kappa shape index (κ2) is 8.99. The van der Waals surface area contributed by atoms with Crippen LogP contribution in [0.4, 0.5) is 5.69 Å². The molecule has 2 rings (SSSR count). The van der Waals surface area contributed by atoms with Crippen molar-refractivity contribution in [3.63, 3.8) is 0 Å². The summed E-state index contributed by atoms with van der Waals surface area (Å²) in [6.07, 6.45) is 1.26. The fourth-order valence-corrected chi connectivity index (χ4v) is 3.02. The third kappa shape index (κ3) is 4.73. The van der Waals surface area contributed by atoms with Crippen molar-refractivity contribution in [2.75, 3.05) is 12.4 Å². The highest BCUT2D eigenvalue weighted by molar-refractivity contribution is 5.96. The number of carbonyl (C=O) groups excluding carboxylic acids is 2. The molecule has 0 atom stereocenters. The molecule has 0 unspecified atom stereocenters. The van der Waals surface area contributed by atoms with E-state index in [0.717, 1.165) is 17.0 Å². The Bertz CT molecular complexity index is 893. The number of nitrogens with one attached hydrogen (secondary N) is 1. The van der Waals surface area contributed by atoms with Gasteiger partial charge in [-0.1, -0.05) is 6.07 Å². The standard InChI is InChI=1S/C20H24N4O3/c1-13-16(20(26)27-4)7-5-8-18(13)22-19(25)10-9-17-14(2)23-24(15(17)3)12-6-11-21/h5,7-8H,6,9-10,12H2,1-4H3,(H,22,25). The van der Waals surface area contributed by atoms with E-state index in [-0.39, 0.29) is 5.91 Å². The quantitative estimate of drug-likeness (QED) is 0.758. The maximum Gasteiger partial charge on any atom is 0.338 e. The minimum Gasteiger partial charge on any atom is -0.465 e. The summed E-state index contributed by atoms with van der Waals surface area (Å²) in [5, 5.41) is 16.0. The Labute approximate surface area is 158 Å². The van der Waals surface area contributed by atoms with Crippen molar-refractivity contribution in [1.82, 2.24) is 9.78 Å². The van der Waals surface area contributed by atoms with Crippen molar-refractivity contribution in [1.29, 1.82) is 5.26 Å². The van der Waals surface area contributed by atoms with Crippen LogP contribution >= 0.6 is 0 Å². The fourth-order valence-electron chi connectivity index (χ4n) is 3.02.